The molecular formula is C11H18N2O. The van der Waals surface area contributed by atoms with Gasteiger partial charge in [-0.05, 0) is 25.0 Å². The summed E-state index contributed by atoms with van der Waals surface area (Å²) >= 11 is 0. The number of anilines is 1. The molecular weight excluding hydrogens is 176 g/mol. The molecule has 1 heterocycles. The molecule has 0 bridgehead atoms. The molecule has 3 nitrogen and oxygen atoms in total. The molecule has 1 aromatic rings. The van der Waals surface area contributed by atoms with Crippen molar-refractivity contribution in [3.05, 3.63) is 24.0 Å². The molecule has 0 atom stereocenters. The molecule has 0 saturated carbocycles. The standard InChI is InChI=1S/C11H18N2O/c1-10-9-12-6-5-11(10)13(2)7-4-8-14-3/h5-6,9H,4,7-8H2,1-3H3. The summed E-state index contributed by atoms with van der Waals surface area (Å²) in [6.45, 7) is 3.91. The number of aryl methyl sites for hydroxylation is 1. The normalized spacial score (nSPS) is 10.2. The maximum absolute atomic E-state index is 5.02. The van der Waals surface area contributed by atoms with Crippen molar-refractivity contribution in [3.8, 4) is 0 Å². The molecule has 0 aliphatic heterocycles. The van der Waals surface area contributed by atoms with Crippen molar-refractivity contribution in [2.24, 2.45) is 0 Å². The lowest BCUT2D eigenvalue weighted by Gasteiger charge is -2.20. The van der Waals surface area contributed by atoms with Gasteiger partial charge in [0.15, 0.2) is 0 Å². The van der Waals surface area contributed by atoms with Crippen LogP contribution in [0.2, 0.25) is 0 Å². The number of hydrogen-bond donors (Lipinski definition) is 0. The Labute approximate surface area is 85.7 Å². The molecule has 78 valence electrons. The van der Waals surface area contributed by atoms with Gasteiger partial charge in [0, 0.05) is 45.4 Å². The van der Waals surface area contributed by atoms with Crippen LogP contribution in [0.1, 0.15) is 12.0 Å². The SMILES string of the molecule is COCCCN(C)c1ccncc1C. The Balaban J connectivity index is 2.51. The van der Waals surface area contributed by atoms with E-state index in [1.807, 2.05) is 18.5 Å². The molecule has 1 rings (SSSR count). The van der Waals surface area contributed by atoms with Crippen molar-refractivity contribution in [1.82, 2.24) is 4.98 Å². The molecule has 0 saturated heterocycles. The fourth-order valence-corrected chi connectivity index (χ4v) is 1.46. The highest BCUT2D eigenvalue weighted by Gasteiger charge is 2.02. The largest absolute Gasteiger partial charge is 0.385 e. The predicted molar refractivity (Wildman–Crippen MR) is 58.7 cm³/mol. The quantitative estimate of drug-likeness (QED) is 0.669. The Bertz CT molecular complexity index is 276. The van der Waals surface area contributed by atoms with Crippen molar-refractivity contribution in [2.75, 3.05) is 32.2 Å². The van der Waals surface area contributed by atoms with Gasteiger partial charge in [-0.2, -0.15) is 0 Å². The number of ether oxygens (including phenoxy) is 1. The molecule has 0 spiro atoms. The lowest BCUT2D eigenvalue weighted by Crippen LogP contribution is -2.20. The Hall–Kier alpha value is -1.09. The van der Waals surface area contributed by atoms with Gasteiger partial charge in [0.25, 0.3) is 0 Å². The Morgan fingerprint density at radius 3 is 2.93 bits per heavy atom. The van der Waals surface area contributed by atoms with Crippen LogP contribution in [-0.4, -0.2) is 32.3 Å². The number of nitrogens with zero attached hydrogens (tertiary/aromatic N) is 2. The van der Waals surface area contributed by atoms with Crippen LogP contribution in [-0.2, 0) is 4.74 Å². The Morgan fingerprint density at radius 2 is 2.29 bits per heavy atom. The van der Waals surface area contributed by atoms with Crippen LogP contribution in [0.5, 0.6) is 0 Å². The lowest BCUT2D eigenvalue weighted by molar-refractivity contribution is 0.196. The zero-order chi connectivity index (χ0) is 10.4. The molecule has 0 aliphatic carbocycles. The van der Waals surface area contributed by atoms with Crippen LogP contribution in [0.4, 0.5) is 5.69 Å². The van der Waals surface area contributed by atoms with Gasteiger partial charge < -0.3 is 9.64 Å². The summed E-state index contributed by atoms with van der Waals surface area (Å²) in [5.41, 5.74) is 2.46. The highest BCUT2D eigenvalue weighted by Crippen LogP contribution is 2.16. The van der Waals surface area contributed by atoms with Crippen LogP contribution >= 0.6 is 0 Å². The second-order valence-corrected chi connectivity index (χ2v) is 3.43. The molecule has 0 aromatic carbocycles. The van der Waals surface area contributed by atoms with Gasteiger partial charge in [0.2, 0.25) is 0 Å². The van der Waals surface area contributed by atoms with Crippen LogP contribution in [0.3, 0.4) is 0 Å². The topological polar surface area (TPSA) is 25.4 Å². The third kappa shape index (κ3) is 3.00. The van der Waals surface area contributed by atoms with E-state index in [0.29, 0.717) is 0 Å². The first-order valence-corrected chi connectivity index (χ1v) is 4.86. The molecule has 0 N–H and O–H groups in total. The van der Waals surface area contributed by atoms with Crippen LogP contribution in [0.25, 0.3) is 0 Å². The second-order valence-electron chi connectivity index (χ2n) is 3.43. The minimum Gasteiger partial charge on any atom is -0.385 e. The number of pyridine rings is 1. The van der Waals surface area contributed by atoms with Gasteiger partial charge in [-0.15, -0.1) is 0 Å². The van der Waals surface area contributed by atoms with E-state index >= 15 is 0 Å². The fraction of sp³-hybridized carbons (Fsp3) is 0.545. The summed E-state index contributed by atoms with van der Waals surface area (Å²) in [7, 11) is 3.83. The molecule has 0 unspecified atom stereocenters. The average molecular weight is 194 g/mol. The summed E-state index contributed by atoms with van der Waals surface area (Å²) in [5.74, 6) is 0. The van der Waals surface area contributed by atoms with Gasteiger partial charge in [0.1, 0.15) is 0 Å². The summed E-state index contributed by atoms with van der Waals surface area (Å²) < 4.78 is 5.02. The summed E-state index contributed by atoms with van der Waals surface area (Å²) in [6, 6.07) is 2.04. The van der Waals surface area contributed by atoms with Gasteiger partial charge in [0.05, 0.1) is 0 Å². The van der Waals surface area contributed by atoms with E-state index in [0.717, 1.165) is 19.6 Å². The van der Waals surface area contributed by atoms with Crippen molar-refractivity contribution < 1.29 is 4.74 Å². The van der Waals surface area contributed by atoms with E-state index in [1.165, 1.54) is 11.3 Å². The molecule has 1 aromatic heterocycles. The molecule has 3 heteroatoms. The van der Waals surface area contributed by atoms with E-state index in [1.54, 1.807) is 7.11 Å². The zero-order valence-corrected chi connectivity index (χ0v) is 9.16. The summed E-state index contributed by atoms with van der Waals surface area (Å²) in [4.78, 5) is 6.30. The van der Waals surface area contributed by atoms with E-state index in [2.05, 4.69) is 23.9 Å². The maximum Gasteiger partial charge on any atom is 0.0479 e. The molecule has 0 radical (unpaired) electrons. The second kappa shape index (κ2) is 5.60. The Morgan fingerprint density at radius 1 is 1.50 bits per heavy atom. The molecule has 0 aliphatic rings. The number of rotatable bonds is 5. The van der Waals surface area contributed by atoms with Gasteiger partial charge in [-0.1, -0.05) is 0 Å². The van der Waals surface area contributed by atoms with E-state index in [9.17, 15) is 0 Å². The molecule has 14 heavy (non-hydrogen) atoms. The third-order valence-electron chi connectivity index (χ3n) is 2.24. The average Bonchev–Trinajstić information content (AvgIpc) is 2.18. The van der Waals surface area contributed by atoms with Crippen molar-refractivity contribution in [3.63, 3.8) is 0 Å². The van der Waals surface area contributed by atoms with Crippen LogP contribution < -0.4 is 4.90 Å². The first-order valence-electron chi connectivity index (χ1n) is 4.86. The van der Waals surface area contributed by atoms with Crippen LogP contribution in [0, 0.1) is 6.92 Å². The number of methoxy groups -OCH3 is 1. The monoisotopic (exact) mass is 194 g/mol. The van der Waals surface area contributed by atoms with Gasteiger partial charge in [-0.25, -0.2) is 0 Å². The zero-order valence-electron chi connectivity index (χ0n) is 9.16. The molecule has 0 amide bonds. The first-order chi connectivity index (χ1) is 6.75. The lowest BCUT2D eigenvalue weighted by atomic mass is 10.2. The van der Waals surface area contributed by atoms with Crippen molar-refractivity contribution >= 4 is 5.69 Å². The number of aromatic nitrogens is 1. The Kier molecular flexibility index (Phi) is 4.40. The van der Waals surface area contributed by atoms with E-state index < -0.39 is 0 Å². The van der Waals surface area contributed by atoms with Gasteiger partial charge >= 0.3 is 0 Å². The first kappa shape index (κ1) is 11.0. The van der Waals surface area contributed by atoms with Crippen LogP contribution in [0.15, 0.2) is 18.5 Å². The van der Waals surface area contributed by atoms with Gasteiger partial charge in [-0.3, -0.25) is 4.98 Å². The minimum absolute atomic E-state index is 0.814. The van der Waals surface area contributed by atoms with E-state index in [4.69, 9.17) is 4.74 Å². The minimum atomic E-state index is 0.814. The van der Waals surface area contributed by atoms with Crippen molar-refractivity contribution in [1.29, 1.82) is 0 Å². The summed E-state index contributed by atoms with van der Waals surface area (Å²) in [6.07, 6.45) is 4.77. The third-order valence-corrected chi connectivity index (χ3v) is 2.24. The number of hydrogen-bond acceptors (Lipinski definition) is 3. The predicted octanol–water partition coefficient (Wildman–Crippen LogP) is 1.86. The van der Waals surface area contributed by atoms with E-state index in [-0.39, 0.29) is 0 Å². The fourth-order valence-electron chi connectivity index (χ4n) is 1.46. The highest BCUT2D eigenvalue weighted by molar-refractivity contribution is 5.50. The smallest absolute Gasteiger partial charge is 0.0479 e. The maximum atomic E-state index is 5.02. The summed E-state index contributed by atoms with van der Waals surface area (Å²) in [5, 5.41) is 0. The highest BCUT2D eigenvalue weighted by atomic mass is 16.5. The molecule has 0 fully saturated rings. The van der Waals surface area contributed by atoms with Crippen molar-refractivity contribution in [2.45, 2.75) is 13.3 Å².